The third-order valence-corrected chi connectivity index (χ3v) is 10.4. The zero-order valence-corrected chi connectivity index (χ0v) is 19.3. The minimum Gasteiger partial charge on any atom is -0.361 e. The lowest BCUT2D eigenvalue weighted by molar-refractivity contribution is -0.126. The molecule has 0 bridgehead atoms. The van der Waals surface area contributed by atoms with Crippen molar-refractivity contribution in [1.82, 2.24) is 4.90 Å². The molecule has 7 unspecified atom stereocenters. The van der Waals surface area contributed by atoms with E-state index in [-0.39, 0.29) is 22.2 Å². The Balaban J connectivity index is 1.53. The van der Waals surface area contributed by atoms with Gasteiger partial charge in [0.15, 0.2) is 0 Å². The Morgan fingerprint density at radius 1 is 1.10 bits per heavy atom. The smallest absolute Gasteiger partial charge is 0.133 e. The number of Topliss-reactive ketones (excluding diaryl/α,β-unsaturated/α-hetero) is 1. The van der Waals surface area contributed by atoms with Crippen LogP contribution in [-0.4, -0.2) is 36.6 Å². The third-order valence-electron chi connectivity index (χ3n) is 10.4. The maximum atomic E-state index is 12.5. The van der Waals surface area contributed by atoms with Crippen molar-refractivity contribution >= 4 is 5.78 Å². The highest BCUT2D eigenvalue weighted by Gasteiger charge is 2.61. The number of hydrogen-bond donors (Lipinski definition) is 0. The molecule has 2 saturated carbocycles. The normalized spacial score (nSPS) is 48.6. The van der Waals surface area contributed by atoms with E-state index in [4.69, 9.17) is 4.74 Å². The predicted octanol–water partition coefficient (Wildman–Crippen LogP) is 5.37. The molecule has 0 N–H and O–H groups in total. The number of fused-ring (bicyclic) bond motifs is 5. The van der Waals surface area contributed by atoms with E-state index in [2.05, 4.69) is 51.8 Å². The van der Waals surface area contributed by atoms with Crippen LogP contribution in [0.2, 0.25) is 0 Å². The van der Waals surface area contributed by atoms with Crippen molar-refractivity contribution in [2.75, 3.05) is 13.8 Å². The van der Waals surface area contributed by atoms with Gasteiger partial charge in [0.25, 0.3) is 0 Å². The number of nitrogens with zero attached hydrogens (tertiary/aromatic N) is 1. The minimum absolute atomic E-state index is 0.121. The summed E-state index contributed by atoms with van der Waals surface area (Å²) in [5.41, 5.74) is 3.80. The molecule has 5 rings (SSSR count). The molecule has 0 aromatic rings. The number of carbonyl (C=O) groups is 1. The van der Waals surface area contributed by atoms with E-state index in [1.807, 2.05) is 6.92 Å². The second kappa shape index (κ2) is 6.29. The summed E-state index contributed by atoms with van der Waals surface area (Å²) in [6.07, 6.45) is 12.4. The van der Waals surface area contributed by atoms with Crippen molar-refractivity contribution < 1.29 is 9.53 Å². The summed E-state index contributed by atoms with van der Waals surface area (Å²) in [5.74, 6) is 1.88. The van der Waals surface area contributed by atoms with Gasteiger partial charge in [-0.05, 0) is 86.2 Å². The lowest BCUT2D eigenvalue weighted by atomic mass is 9.52. The van der Waals surface area contributed by atoms with E-state index in [9.17, 15) is 4.79 Å². The molecule has 1 heterocycles. The zero-order valence-electron chi connectivity index (χ0n) is 19.3. The fraction of sp³-hybridized carbons (Fsp3) is 0.808. The Morgan fingerprint density at radius 2 is 1.83 bits per heavy atom. The molecule has 0 radical (unpaired) electrons. The Morgan fingerprint density at radius 3 is 2.55 bits per heavy atom. The molecule has 1 aliphatic heterocycles. The van der Waals surface area contributed by atoms with Gasteiger partial charge >= 0.3 is 0 Å². The molecule has 7 atom stereocenters. The number of ether oxygens (including phenoxy) is 1. The van der Waals surface area contributed by atoms with Crippen LogP contribution in [-0.2, 0) is 9.53 Å². The van der Waals surface area contributed by atoms with E-state index >= 15 is 0 Å². The highest BCUT2D eigenvalue weighted by atomic mass is 16.5. The van der Waals surface area contributed by atoms with Crippen molar-refractivity contribution in [2.24, 2.45) is 34.0 Å². The van der Waals surface area contributed by atoms with Gasteiger partial charge in [0, 0.05) is 12.0 Å². The molecule has 0 spiro atoms. The lowest BCUT2D eigenvalue weighted by Crippen LogP contribution is -2.52. The molecule has 0 amide bonds. The summed E-state index contributed by atoms with van der Waals surface area (Å²) in [7, 11) is 2.23. The molecule has 29 heavy (non-hydrogen) atoms. The van der Waals surface area contributed by atoms with Crippen LogP contribution in [0, 0.1) is 34.0 Å². The van der Waals surface area contributed by atoms with E-state index in [1.165, 1.54) is 19.3 Å². The first kappa shape index (κ1) is 20.0. The van der Waals surface area contributed by atoms with Gasteiger partial charge in [-0.25, -0.2) is 0 Å². The van der Waals surface area contributed by atoms with Gasteiger partial charge in [-0.3, -0.25) is 9.69 Å². The Labute approximate surface area is 176 Å². The van der Waals surface area contributed by atoms with Gasteiger partial charge in [-0.2, -0.15) is 0 Å². The van der Waals surface area contributed by atoms with Crippen LogP contribution >= 0.6 is 0 Å². The van der Waals surface area contributed by atoms with Crippen LogP contribution in [0.4, 0.5) is 0 Å². The Kier molecular flexibility index (Phi) is 4.34. The SMILES string of the molecule is CC(=O)C1CCC2(C)C3CCC4C(=CC3=CCC12C)CC1OCN(C)C1C4(C)C. The van der Waals surface area contributed by atoms with Gasteiger partial charge in [-0.1, -0.05) is 45.4 Å². The fourth-order valence-electron chi connectivity index (χ4n) is 8.74. The molecule has 3 nitrogen and oxygen atoms in total. The van der Waals surface area contributed by atoms with Crippen LogP contribution < -0.4 is 0 Å². The van der Waals surface area contributed by atoms with E-state index in [1.54, 1.807) is 11.1 Å². The molecule has 1 saturated heterocycles. The second-order valence-electron chi connectivity index (χ2n) is 11.9. The minimum atomic E-state index is 0.121. The monoisotopic (exact) mass is 397 g/mol. The van der Waals surface area contributed by atoms with Gasteiger partial charge in [-0.15, -0.1) is 0 Å². The summed E-state index contributed by atoms with van der Waals surface area (Å²) in [5, 5.41) is 0. The summed E-state index contributed by atoms with van der Waals surface area (Å²) in [6, 6.07) is 0.521. The number of ketones is 1. The largest absolute Gasteiger partial charge is 0.361 e. The molecule has 3 fully saturated rings. The third kappa shape index (κ3) is 2.53. The average molecular weight is 398 g/mol. The average Bonchev–Trinajstić information content (AvgIpc) is 3.05. The molecule has 4 aliphatic carbocycles. The van der Waals surface area contributed by atoms with Gasteiger partial charge in [0.2, 0.25) is 0 Å². The van der Waals surface area contributed by atoms with Crippen LogP contribution in [0.15, 0.2) is 23.3 Å². The number of likely N-dealkylation sites (N-methyl/N-ethyl adjacent to an activating group) is 1. The van der Waals surface area contributed by atoms with E-state index < -0.39 is 0 Å². The van der Waals surface area contributed by atoms with Crippen LogP contribution in [0.5, 0.6) is 0 Å². The maximum Gasteiger partial charge on any atom is 0.133 e. The molecule has 0 aromatic carbocycles. The van der Waals surface area contributed by atoms with Gasteiger partial charge < -0.3 is 4.74 Å². The van der Waals surface area contributed by atoms with E-state index in [0.29, 0.717) is 29.8 Å². The molecular formula is C26H39NO2. The summed E-state index contributed by atoms with van der Waals surface area (Å²) in [4.78, 5) is 14.9. The molecule has 5 aliphatic rings. The van der Waals surface area contributed by atoms with Crippen LogP contribution in [0.1, 0.15) is 73.1 Å². The zero-order chi connectivity index (χ0) is 20.8. The topological polar surface area (TPSA) is 29.5 Å². The first-order chi connectivity index (χ1) is 13.6. The number of carbonyl (C=O) groups excluding carboxylic acids is 1. The second-order valence-corrected chi connectivity index (χ2v) is 11.9. The standard InChI is InChI=1S/C26H39NO2/c1-16(28)19-10-12-26(5)21-8-7-20-18(13-17(21)9-11-25(19,26)4)14-22-23(24(20,2)3)27(6)15-29-22/h9,13,19-23H,7-8,10-12,14-15H2,1-6H3. The summed E-state index contributed by atoms with van der Waals surface area (Å²) < 4.78 is 6.20. The van der Waals surface area contributed by atoms with Gasteiger partial charge in [0.1, 0.15) is 5.78 Å². The van der Waals surface area contributed by atoms with Crippen molar-refractivity contribution in [2.45, 2.75) is 85.3 Å². The van der Waals surface area contributed by atoms with Crippen LogP contribution in [0.25, 0.3) is 0 Å². The fourth-order valence-corrected chi connectivity index (χ4v) is 8.74. The van der Waals surface area contributed by atoms with Crippen molar-refractivity contribution in [3.63, 3.8) is 0 Å². The Hall–Kier alpha value is -0.930. The highest BCUT2D eigenvalue weighted by Crippen LogP contribution is 2.67. The maximum absolute atomic E-state index is 12.5. The lowest BCUT2D eigenvalue weighted by Gasteiger charge is -2.52. The quantitative estimate of drug-likeness (QED) is 0.596. The molecule has 160 valence electrons. The number of rotatable bonds is 1. The highest BCUT2D eigenvalue weighted by molar-refractivity contribution is 5.80. The number of allylic oxidation sites excluding steroid dienone is 3. The van der Waals surface area contributed by atoms with E-state index in [0.717, 1.165) is 26.0 Å². The van der Waals surface area contributed by atoms with Gasteiger partial charge in [0.05, 0.1) is 12.8 Å². The van der Waals surface area contributed by atoms with Crippen molar-refractivity contribution in [1.29, 1.82) is 0 Å². The van der Waals surface area contributed by atoms with Crippen LogP contribution in [0.3, 0.4) is 0 Å². The molecule has 3 heteroatoms. The molecule has 0 aromatic heterocycles. The van der Waals surface area contributed by atoms with Crippen molar-refractivity contribution in [3.8, 4) is 0 Å². The first-order valence-electron chi connectivity index (χ1n) is 11.8. The Bertz CT molecular complexity index is 795. The molecular weight excluding hydrogens is 358 g/mol. The summed E-state index contributed by atoms with van der Waals surface area (Å²) >= 11 is 0. The predicted molar refractivity (Wildman–Crippen MR) is 116 cm³/mol. The summed E-state index contributed by atoms with van der Waals surface area (Å²) in [6.45, 7) is 12.5. The van der Waals surface area contributed by atoms with Crippen molar-refractivity contribution in [3.05, 3.63) is 23.3 Å². The first-order valence-corrected chi connectivity index (χ1v) is 11.8. The number of hydrogen-bond acceptors (Lipinski definition) is 3.